The summed E-state index contributed by atoms with van der Waals surface area (Å²) in [6.45, 7) is 0.601. The number of benzene rings is 2. The van der Waals surface area contributed by atoms with Crippen molar-refractivity contribution in [2.24, 2.45) is 0 Å². The molecule has 0 saturated carbocycles. The Labute approximate surface area is 191 Å². The van der Waals surface area contributed by atoms with E-state index in [1.165, 1.54) is 22.9 Å². The van der Waals surface area contributed by atoms with E-state index in [1.54, 1.807) is 6.26 Å². The molecule has 2 heterocycles. The van der Waals surface area contributed by atoms with Crippen molar-refractivity contribution in [1.82, 2.24) is 20.1 Å². The van der Waals surface area contributed by atoms with Gasteiger partial charge in [0.2, 0.25) is 11.7 Å². The van der Waals surface area contributed by atoms with Crippen LogP contribution < -0.4 is 5.32 Å². The number of hydrogen-bond acceptors (Lipinski definition) is 5. The number of aryl methyl sites for hydroxylation is 1. The molecular weight excluding hydrogens is 420 g/mol. The molecule has 5 rings (SSSR count). The average Bonchev–Trinajstić information content (AvgIpc) is 3.49. The highest BCUT2D eigenvalue weighted by molar-refractivity contribution is 7.99. The second-order valence-electron chi connectivity index (χ2n) is 7.86. The first-order valence-electron chi connectivity index (χ1n) is 10.8. The van der Waals surface area contributed by atoms with Crippen molar-refractivity contribution in [3.05, 3.63) is 89.7 Å². The SMILES string of the molecule is O=C(CSc1nnc(-c2ccco2)n1Cc1ccccc1)N[C@@H]1CCCc2ccccc21. The third kappa shape index (κ3) is 4.48. The van der Waals surface area contributed by atoms with Gasteiger partial charge in [-0.3, -0.25) is 9.36 Å². The molecule has 0 radical (unpaired) electrons. The Morgan fingerprint density at radius 1 is 1.06 bits per heavy atom. The normalized spacial score (nSPS) is 15.3. The topological polar surface area (TPSA) is 73.0 Å². The van der Waals surface area contributed by atoms with Gasteiger partial charge in [0.1, 0.15) is 0 Å². The Morgan fingerprint density at radius 3 is 2.75 bits per heavy atom. The van der Waals surface area contributed by atoms with Crippen LogP contribution in [0.5, 0.6) is 0 Å². The zero-order valence-electron chi connectivity index (χ0n) is 17.6. The number of carbonyl (C=O) groups excluding carboxylic acids is 1. The van der Waals surface area contributed by atoms with Crippen LogP contribution in [0.4, 0.5) is 0 Å². The second kappa shape index (κ2) is 9.44. The molecule has 0 bridgehead atoms. The van der Waals surface area contributed by atoms with Crippen molar-refractivity contribution in [3.63, 3.8) is 0 Å². The summed E-state index contributed by atoms with van der Waals surface area (Å²) in [6.07, 6.45) is 4.77. The van der Waals surface area contributed by atoms with Gasteiger partial charge in [-0.25, -0.2) is 0 Å². The maximum atomic E-state index is 12.8. The fraction of sp³-hybridized carbons (Fsp3) is 0.240. The van der Waals surface area contributed by atoms with E-state index in [2.05, 4.69) is 45.8 Å². The Hall–Kier alpha value is -3.32. The highest BCUT2D eigenvalue weighted by Gasteiger charge is 2.22. The van der Waals surface area contributed by atoms with E-state index in [4.69, 9.17) is 4.42 Å². The molecule has 6 nitrogen and oxygen atoms in total. The molecule has 1 atom stereocenters. The lowest BCUT2D eigenvalue weighted by Crippen LogP contribution is -2.32. The van der Waals surface area contributed by atoms with Crippen molar-refractivity contribution in [3.8, 4) is 11.6 Å². The lowest BCUT2D eigenvalue weighted by atomic mass is 9.88. The molecule has 0 unspecified atom stereocenters. The fourth-order valence-corrected chi connectivity index (χ4v) is 4.91. The number of nitrogens with zero attached hydrogens (tertiary/aromatic N) is 3. The summed E-state index contributed by atoms with van der Waals surface area (Å²) in [5.74, 6) is 1.60. The first-order chi connectivity index (χ1) is 15.8. The first-order valence-corrected chi connectivity index (χ1v) is 11.8. The number of aromatic nitrogens is 3. The summed E-state index contributed by atoms with van der Waals surface area (Å²) in [5, 5.41) is 12.6. The zero-order valence-corrected chi connectivity index (χ0v) is 18.4. The number of furan rings is 1. The minimum Gasteiger partial charge on any atom is -0.461 e. The number of nitrogens with one attached hydrogen (secondary N) is 1. The smallest absolute Gasteiger partial charge is 0.230 e. The van der Waals surface area contributed by atoms with E-state index in [1.807, 2.05) is 41.0 Å². The van der Waals surface area contributed by atoms with E-state index < -0.39 is 0 Å². The van der Waals surface area contributed by atoms with Gasteiger partial charge in [0.05, 0.1) is 24.6 Å². The van der Waals surface area contributed by atoms with Gasteiger partial charge in [0.15, 0.2) is 10.9 Å². The largest absolute Gasteiger partial charge is 0.461 e. The molecule has 0 fully saturated rings. The Kier molecular flexibility index (Phi) is 6.07. The standard InChI is InChI=1S/C25H24N4O2S/c30-23(26-21-13-6-11-19-10-4-5-12-20(19)21)17-32-25-28-27-24(22-14-7-15-31-22)29(25)16-18-8-2-1-3-9-18/h1-5,7-10,12,14-15,21H,6,11,13,16-17H2,(H,26,30)/t21-/m1/s1. The average molecular weight is 445 g/mol. The third-order valence-electron chi connectivity index (χ3n) is 5.68. The van der Waals surface area contributed by atoms with Crippen molar-refractivity contribution in [2.75, 3.05) is 5.75 Å². The van der Waals surface area contributed by atoms with Crippen LogP contribution in [0, 0.1) is 0 Å². The van der Waals surface area contributed by atoms with Crippen molar-refractivity contribution >= 4 is 17.7 Å². The summed E-state index contributed by atoms with van der Waals surface area (Å²) in [7, 11) is 0. The molecule has 1 aliphatic carbocycles. The highest BCUT2D eigenvalue weighted by atomic mass is 32.2. The van der Waals surface area contributed by atoms with Gasteiger partial charge in [-0.05, 0) is 48.1 Å². The number of rotatable bonds is 7. The second-order valence-corrected chi connectivity index (χ2v) is 8.80. The first kappa shape index (κ1) is 20.6. The van der Waals surface area contributed by atoms with E-state index >= 15 is 0 Å². The Balaban J connectivity index is 1.31. The monoisotopic (exact) mass is 444 g/mol. The van der Waals surface area contributed by atoms with Crippen molar-refractivity contribution in [1.29, 1.82) is 0 Å². The molecule has 7 heteroatoms. The minimum absolute atomic E-state index is 0.00510. The fourth-order valence-electron chi connectivity index (χ4n) is 4.16. The molecule has 2 aromatic carbocycles. The lowest BCUT2D eigenvalue weighted by Gasteiger charge is -2.26. The quantitative estimate of drug-likeness (QED) is 0.412. The predicted octanol–water partition coefficient (Wildman–Crippen LogP) is 4.87. The van der Waals surface area contributed by atoms with Gasteiger partial charge >= 0.3 is 0 Å². The molecule has 1 amide bonds. The molecule has 32 heavy (non-hydrogen) atoms. The summed E-state index contributed by atoms with van der Waals surface area (Å²) in [6, 6.07) is 22.3. The summed E-state index contributed by atoms with van der Waals surface area (Å²) in [5.41, 5.74) is 3.71. The van der Waals surface area contributed by atoms with Gasteiger partial charge in [0, 0.05) is 0 Å². The summed E-state index contributed by atoms with van der Waals surface area (Å²) in [4.78, 5) is 12.8. The molecule has 162 valence electrons. The lowest BCUT2D eigenvalue weighted by molar-refractivity contribution is -0.119. The maximum absolute atomic E-state index is 12.8. The van der Waals surface area contributed by atoms with Crippen LogP contribution in [0.15, 0.2) is 82.6 Å². The van der Waals surface area contributed by atoms with Crippen LogP contribution >= 0.6 is 11.8 Å². The summed E-state index contributed by atoms with van der Waals surface area (Å²) < 4.78 is 7.56. The molecule has 1 aliphatic rings. The Bertz CT molecular complexity index is 1190. The van der Waals surface area contributed by atoms with Crippen LogP contribution in [0.3, 0.4) is 0 Å². The molecule has 0 saturated heterocycles. The van der Waals surface area contributed by atoms with Crippen LogP contribution in [0.2, 0.25) is 0 Å². The van der Waals surface area contributed by atoms with E-state index in [0.717, 1.165) is 24.8 Å². The number of hydrogen-bond donors (Lipinski definition) is 1. The minimum atomic E-state index is 0.00510. The van der Waals surface area contributed by atoms with Crippen molar-refractivity contribution < 1.29 is 9.21 Å². The third-order valence-corrected chi connectivity index (χ3v) is 6.65. The summed E-state index contributed by atoms with van der Waals surface area (Å²) >= 11 is 1.40. The van der Waals surface area contributed by atoms with Gasteiger partial charge in [0.25, 0.3) is 0 Å². The van der Waals surface area contributed by atoms with E-state index in [9.17, 15) is 4.79 Å². The van der Waals surface area contributed by atoms with Crippen LogP contribution in [-0.4, -0.2) is 26.4 Å². The molecule has 4 aromatic rings. The van der Waals surface area contributed by atoms with E-state index in [-0.39, 0.29) is 17.7 Å². The molecular formula is C25H24N4O2S. The predicted molar refractivity (Wildman–Crippen MR) is 124 cm³/mol. The van der Waals surface area contributed by atoms with Gasteiger partial charge in [-0.15, -0.1) is 10.2 Å². The van der Waals surface area contributed by atoms with E-state index in [0.29, 0.717) is 23.3 Å². The van der Waals surface area contributed by atoms with Crippen molar-refractivity contribution in [2.45, 2.75) is 37.0 Å². The Morgan fingerprint density at radius 2 is 1.91 bits per heavy atom. The number of amides is 1. The van der Waals surface area contributed by atoms with Crippen LogP contribution in [0.1, 0.15) is 35.6 Å². The number of carbonyl (C=O) groups is 1. The van der Waals surface area contributed by atoms with Gasteiger partial charge in [-0.1, -0.05) is 66.4 Å². The zero-order chi connectivity index (χ0) is 21.8. The molecule has 1 N–H and O–H groups in total. The van der Waals surface area contributed by atoms with Crippen LogP contribution in [0.25, 0.3) is 11.6 Å². The number of fused-ring (bicyclic) bond motifs is 1. The van der Waals surface area contributed by atoms with Crippen LogP contribution in [-0.2, 0) is 17.8 Å². The molecule has 0 aliphatic heterocycles. The molecule has 0 spiro atoms. The highest BCUT2D eigenvalue weighted by Crippen LogP contribution is 2.30. The van der Waals surface area contributed by atoms with Gasteiger partial charge in [-0.2, -0.15) is 0 Å². The maximum Gasteiger partial charge on any atom is 0.230 e. The number of thioether (sulfide) groups is 1. The molecule has 2 aromatic heterocycles. The van der Waals surface area contributed by atoms with Gasteiger partial charge < -0.3 is 9.73 Å².